The molecule has 5 nitrogen and oxygen atoms in total. The Hall–Kier alpha value is -3.38. The Balaban J connectivity index is 1.94. The second-order valence-corrected chi connectivity index (χ2v) is 10.6. The zero-order valence-corrected chi connectivity index (χ0v) is 20.9. The number of thiophene rings is 1. The molecule has 0 aliphatic carbocycles. The van der Waals surface area contributed by atoms with Crippen molar-refractivity contribution in [1.29, 1.82) is 0 Å². The molecule has 0 spiro atoms. The molecule has 0 bridgehead atoms. The molecule has 1 aromatic heterocycles. The van der Waals surface area contributed by atoms with Crippen LogP contribution in [-0.4, -0.2) is 28.8 Å². The van der Waals surface area contributed by atoms with Crippen molar-refractivity contribution in [3.63, 3.8) is 0 Å². The van der Waals surface area contributed by atoms with Crippen LogP contribution in [0.4, 0.5) is 0 Å². The van der Waals surface area contributed by atoms with Crippen molar-refractivity contribution in [2.75, 3.05) is 7.11 Å². The molecule has 1 saturated heterocycles. The molecule has 2 aromatic carbocycles. The summed E-state index contributed by atoms with van der Waals surface area (Å²) in [4.78, 5) is 29.1. The van der Waals surface area contributed by atoms with Gasteiger partial charge in [0.25, 0.3) is 11.7 Å². The van der Waals surface area contributed by atoms with Gasteiger partial charge in [-0.25, -0.2) is 0 Å². The van der Waals surface area contributed by atoms with E-state index in [2.05, 4.69) is 20.8 Å². The van der Waals surface area contributed by atoms with Crippen LogP contribution in [-0.2, 0) is 21.5 Å². The van der Waals surface area contributed by atoms with Crippen molar-refractivity contribution < 1.29 is 19.4 Å². The molecule has 4 rings (SSSR count). The van der Waals surface area contributed by atoms with E-state index in [0.717, 1.165) is 21.6 Å². The molecule has 2 heterocycles. The van der Waals surface area contributed by atoms with Crippen molar-refractivity contribution in [2.45, 2.75) is 45.7 Å². The third-order valence-electron chi connectivity index (χ3n) is 6.12. The van der Waals surface area contributed by atoms with E-state index in [0.29, 0.717) is 11.3 Å². The number of hydrogen-bond donors (Lipinski definition) is 1. The van der Waals surface area contributed by atoms with E-state index in [9.17, 15) is 14.7 Å². The van der Waals surface area contributed by atoms with E-state index < -0.39 is 17.7 Å². The predicted molar refractivity (Wildman–Crippen MR) is 135 cm³/mol. The van der Waals surface area contributed by atoms with Gasteiger partial charge >= 0.3 is 0 Å². The summed E-state index contributed by atoms with van der Waals surface area (Å²) in [5.41, 5.74) is 3.07. The molecule has 1 aliphatic heterocycles. The Kier molecular flexibility index (Phi) is 6.36. The molecular weight excluding hydrogens is 446 g/mol. The predicted octanol–water partition coefficient (Wildman–Crippen LogP) is 5.98. The highest BCUT2D eigenvalue weighted by atomic mass is 32.1. The summed E-state index contributed by atoms with van der Waals surface area (Å²) in [6.07, 6.45) is 0. The number of hydrogen-bond acceptors (Lipinski definition) is 5. The van der Waals surface area contributed by atoms with E-state index in [1.54, 1.807) is 11.0 Å². The number of amides is 1. The number of aliphatic hydroxyl groups excluding tert-OH is 1. The van der Waals surface area contributed by atoms with Crippen LogP contribution in [0.5, 0.6) is 5.75 Å². The highest BCUT2D eigenvalue weighted by Gasteiger charge is 2.46. The molecule has 1 amide bonds. The number of Topliss-reactive ketones (excluding diaryl/α,β-unsaturated/α-hetero) is 1. The van der Waals surface area contributed by atoms with E-state index in [-0.39, 0.29) is 23.3 Å². The van der Waals surface area contributed by atoms with Crippen LogP contribution >= 0.6 is 11.3 Å². The molecule has 0 saturated carbocycles. The molecule has 176 valence electrons. The summed E-state index contributed by atoms with van der Waals surface area (Å²) in [6.45, 7) is 8.48. The Morgan fingerprint density at radius 2 is 1.85 bits per heavy atom. The van der Waals surface area contributed by atoms with Gasteiger partial charge in [-0.3, -0.25) is 9.59 Å². The SMILES string of the molecule is COc1ccc(C(C)(C)C)cc1/C(O)=C1\C(=O)C(=O)N(Cc2cccs2)C1c1cccc(C)c1. The topological polar surface area (TPSA) is 66.8 Å². The minimum absolute atomic E-state index is 0.0801. The molecule has 0 radical (unpaired) electrons. The zero-order valence-electron chi connectivity index (χ0n) is 20.1. The number of likely N-dealkylation sites (tertiary alicyclic amines) is 1. The van der Waals surface area contributed by atoms with E-state index >= 15 is 0 Å². The highest BCUT2D eigenvalue weighted by Crippen LogP contribution is 2.42. The van der Waals surface area contributed by atoms with Gasteiger partial charge in [-0.1, -0.05) is 62.7 Å². The number of aryl methyl sites for hydroxylation is 1. The van der Waals surface area contributed by atoms with Crippen LogP contribution in [0.25, 0.3) is 5.76 Å². The van der Waals surface area contributed by atoms with E-state index in [4.69, 9.17) is 4.74 Å². The molecule has 1 fully saturated rings. The first-order chi connectivity index (χ1) is 16.1. The van der Waals surface area contributed by atoms with Crippen molar-refractivity contribution in [2.24, 2.45) is 0 Å². The highest BCUT2D eigenvalue weighted by molar-refractivity contribution is 7.09. The summed E-state index contributed by atoms with van der Waals surface area (Å²) >= 11 is 1.53. The van der Waals surface area contributed by atoms with Gasteiger partial charge in [-0.2, -0.15) is 0 Å². The number of benzene rings is 2. The van der Waals surface area contributed by atoms with Gasteiger partial charge in [-0.05, 0) is 47.0 Å². The van der Waals surface area contributed by atoms with Crippen LogP contribution in [0, 0.1) is 6.92 Å². The van der Waals surface area contributed by atoms with Crippen molar-refractivity contribution in [1.82, 2.24) is 4.90 Å². The molecule has 6 heteroatoms. The molecular formula is C28H29NO4S. The number of aliphatic hydroxyl groups is 1. The monoisotopic (exact) mass is 475 g/mol. The summed E-state index contributed by atoms with van der Waals surface area (Å²) in [7, 11) is 1.52. The van der Waals surface area contributed by atoms with Crippen molar-refractivity contribution in [3.8, 4) is 5.75 Å². The first-order valence-corrected chi connectivity index (χ1v) is 12.1. The minimum Gasteiger partial charge on any atom is -0.507 e. The van der Waals surface area contributed by atoms with E-state index in [1.165, 1.54) is 18.4 Å². The minimum atomic E-state index is -0.704. The lowest BCUT2D eigenvalue weighted by atomic mass is 9.85. The quantitative estimate of drug-likeness (QED) is 0.280. The van der Waals surface area contributed by atoms with Crippen LogP contribution in [0.2, 0.25) is 0 Å². The first-order valence-electron chi connectivity index (χ1n) is 11.2. The van der Waals surface area contributed by atoms with E-state index in [1.807, 2.05) is 60.8 Å². The average molecular weight is 476 g/mol. The number of nitrogens with zero attached hydrogens (tertiary/aromatic N) is 1. The fourth-order valence-electron chi connectivity index (χ4n) is 4.30. The van der Waals surface area contributed by atoms with Crippen molar-refractivity contribution >= 4 is 28.8 Å². The molecule has 1 unspecified atom stereocenters. The fraction of sp³-hybridized carbons (Fsp3) is 0.286. The standard InChI is InChI=1S/C28H29NO4S/c1-17-8-6-9-18(14-17)24-23(26(31)27(32)29(24)16-20-10-7-13-34-20)25(30)21-15-19(28(2,3)4)11-12-22(21)33-5/h6-15,24,30H,16H2,1-5H3/b25-23+. The van der Waals surface area contributed by atoms with Crippen LogP contribution in [0.3, 0.4) is 0 Å². The maximum atomic E-state index is 13.4. The summed E-state index contributed by atoms with van der Waals surface area (Å²) in [5, 5.41) is 13.5. The Labute approximate surface area is 204 Å². The van der Waals surface area contributed by atoms with Crippen LogP contribution < -0.4 is 4.74 Å². The Morgan fingerprint density at radius 1 is 1.09 bits per heavy atom. The second kappa shape index (κ2) is 9.11. The smallest absolute Gasteiger partial charge is 0.295 e. The van der Waals surface area contributed by atoms with Crippen molar-refractivity contribution in [3.05, 3.63) is 92.7 Å². The number of ketones is 1. The molecule has 34 heavy (non-hydrogen) atoms. The van der Waals surface area contributed by atoms with Gasteiger partial charge in [0.2, 0.25) is 0 Å². The van der Waals surface area contributed by atoms with Crippen LogP contribution in [0.1, 0.15) is 53.9 Å². The zero-order chi connectivity index (χ0) is 24.6. The van der Waals surface area contributed by atoms with Gasteiger partial charge < -0.3 is 14.7 Å². The largest absolute Gasteiger partial charge is 0.507 e. The molecule has 1 atom stereocenters. The first kappa shape index (κ1) is 23.8. The number of rotatable bonds is 5. The molecule has 3 aromatic rings. The third-order valence-corrected chi connectivity index (χ3v) is 6.99. The number of carbonyl (C=O) groups is 2. The molecule has 1 aliphatic rings. The number of carbonyl (C=O) groups excluding carboxylic acids is 2. The summed E-state index contributed by atoms with van der Waals surface area (Å²) in [6, 6.07) is 16.4. The Morgan fingerprint density at radius 3 is 2.47 bits per heavy atom. The maximum absolute atomic E-state index is 13.4. The van der Waals surface area contributed by atoms with Gasteiger partial charge in [0.1, 0.15) is 11.5 Å². The lowest BCUT2D eigenvalue weighted by molar-refractivity contribution is -0.140. The van der Waals surface area contributed by atoms with Gasteiger partial charge in [0.05, 0.1) is 30.8 Å². The van der Waals surface area contributed by atoms with Gasteiger partial charge in [-0.15, -0.1) is 11.3 Å². The average Bonchev–Trinajstić information content (AvgIpc) is 3.40. The van der Waals surface area contributed by atoms with Crippen LogP contribution in [0.15, 0.2) is 65.6 Å². The lowest BCUT2D eigenvalue weighted by Crippen LogP contribution is -2.28. The molecule has 1 N–H and O–H groups in total. The summed E-state index contributed by atoms with van der Waals surface area (Å²) in [5.74, 6) is -1.09. The third kappa shape index (κ3) is 4.38. The fourth-order valence-corrected chi connectivity index (χ4v) is 5.01. The second-order valence-electron chi connectivity index (χ2n) is 9.59. The maximum Gasteiger partial charge on any atom is 0.295 e. The number of methoxy groups -OCH3 is 1. The normalized spacial score (nSPS) is 17.9. The van der Waals surface area contributed by atoms with Gasteiger partial charge in [0.15, 0.2) is 0 Å². The summed E-state index contributed by atoms with van der Waals surface area (Å²) < 4.78 is 5.53. The number of ether oxygens (including phenoxy) is 1. The Bertz CT molecular complexity index is 1270. The lowest BCUT2D eigenvalue weighted by Gasteiger charge is -2.26. The van der Waals surface area contributed by atoms with Gasteiger partial charge in [0, 0.05) is 4.88 Å².